The van der Waals surface area contributed by atoms with E-state index in [1.54, 1.807) is 42.5 Å². The molecule has 3 aliphatic rings. The SMILES string of the molecule is O=C(Nc1ccc(S(=O)(=O)c2ccccc2)cc1)[C@@H]1[C@H]2C[C@H]3[C@H](OC(=O)[C@H]31)[C@@H]2Br. The molecular formula is C21H18BrNO5S. The van der Waals surface area contributed by atoms with E-state index >= 15 is 0 Å². The largest absolute Gasteiger partial charge is 0.461 e. The zero-order chi connectivity index (χ0) is 20.3. The molecule has 3 fully saturated rings. The Morgan fingerprint density at radius 3 is 2.34 bits per heavy atom. The van der Waals surface area contributed by atoms with Crippen LogP contribution in [0.2, 0.25) is 0 Å². The van der Waals surface area contributed by atoms with Gasteiger partial charge in [-0.05, 0) is 48.7 Å². The minimum atomic E-state index is -3.61. The first-order valence-corrected chi connectivity index (χ1v) is 11.8. The molecule has 2 aliphatic carbocycles. The summed E-state index contributed by atoms with van der Waals surface area (Å²) < 4.78 is 30.8. The van der Waals surface area contributed by atoms with Crippen LogP contribution in [-0.4, -0.2) is 31.2 Å². The maximum absolute atomic E-state index is 12.9. The Hall–Kier alpha value is -2.19. The van der Waals surface area contributed by atoms with Gasteiger partial charge >= 0.3 is 5.97 Å². The van der Waals surface area contributed by atoms with E-state index in [-0.39, 0.29) is 50.4 Å². The number of alkyl halides is 1. The Morgan fingerprint density at radius 2 is 1.66 bits per heavy atom. The molecule has 2 saturated carbocycles. The fourth-order valence-corrected chi connectivity index (χ4v) is 7.34. The van der Waals surface area contributed by atoms with Crippen LogP contribution in [0, 0.1) is 23.7 Å². The highest BCUT2D eigenvalue weighted by molar-refractivity contribution is 9.09. The first-order valence-electron chi connectivity index (χ1n) is 9.43. The maximum Gasteiger partial charge on any atom is 0.310 e. The number of nitrogens with one attached hydrogen (secondary N) is 1. The molecule has 5 rings (SSSR count). The van der Waals surface area contributed by atoms with Crippen LogP contribution >= 0.6 is 15.9 Å². The number of benzene rings is 2. The number of carbonyl (C=O) groups excluding carboxylic acids is 2. The van der Waals surface area contributed by atoms with E-state index in [0.29, 0.717) is 5.69 Å². The number of anilines is 1. The van der Waals surface area contributed by atoms with E-state index in [2.05, 4.69) is 21.2 Å². The number of amides is 1. The summed E-state index contributed by atoms with van der Waals surface area (Å²) in [5.41, 5.74) is 0.499. The Bertz CT molecular complexity index is 1090. The molecule has 0 aromatic heterocycles. The normalized spacial score (nSPS) is 32.2. The molecule has 8 heteroatoms. The fourth-order valence-electron chi connectivity index (χ4n) is 5.01. The van der Waals surface area contributed by atoms with Crippen molar-refractivity contribution in [3.8, 4) is 0 Å². The van der Waals surface area contributed by atoms with Crippen LogP contribution < -0.4 is 5.32 Å². The minimum Gasteiger partial charge on any atom is -0.461 e. The molecule has 2 bridgehead atoms. The number of halogens is 1. The quantitative estimate of drug-likeness (QED) is 0.542. The molecule has 1 heterocycles. The number of esters is 1. The summed E-state index contributed by atoms with van der Waals surface area (Å²) in [6.45, 7) is 0. The van der Waals surface area contributed by atoms with E-state index in [9.17, 15) is 18.0 Å². The van der Waals surface area contributed by atoms with Gasteiger partial charge in [-0.25, -0.2) is 8.42 Å². The molecule has 1 saturated heterocycles. The van der Waals surface area contributed by atoms with Crippen molar-refractivity contribution in [1.82, 2.24) is 0 Å². The van der Waals surface area contributed by atoms with Crippen LogP contribution in [0.25, 0.3) is 0 Å². The zero-order valence-corrected chi connectivity index (χ0v) is 17.6. The number of carbonyl (C=O) groups is 2. The van der Waals surface area contributed by atoms with E-state index < -0.39 is 15.8 Å². The second kappa shape index (κ2) is 6.67. The third kappa shape index (κ3) is 2.84. The lowest BCUT2D eigenvalue weighted by Crippen LogP contribution is -2.40. The Labute approximate surface area is 176 Å². The zero-order valence-electron chi connectivity index (χ0n) is 15.2. The summed E-state index contributed by atoms with van der Waals surface area (Å²) in [6.07, 6.45) is 0.688. The molecule has 29 heavy (non-hydrogen) atoms. The molecular weight excluding hydrogens is 458 g/mol. The van der Waals surface area contributed by atoms with Crippen molar-refractivity contribution in [2.45, 2.75) is 27.1 Å². The summed E-state index contributed by atoms with van der Waals surface area (Å²) in [5.74, 6) is -1.14. The van der Waals surface area contributed by atoms with Crippen molar-refractivity contribution in [2.75, 3.05) is 5.32 Å². The Kier molecular flexibility index (Phi) is 4.33. The number of sulfone groups is 1. The van der Waals surface area contributed by atoms with Crippen LogP contribution in [0.15, 0.2) is 64.4 Å². The summed E-state index contributed by atoms with van der Waals surface area (Å²) in [4.78, 5) is 25.5. The van der Waals surface area contributed by atoms with Gasteiger partial charge in [0, 0.05) is 11.6 Å². The smallest absolute Gasteiger partial charge is 0.310 e. The van der Waals surface area contributed by atoms with E-state index in [0.717, 1.165) is 6.42 Å². The van der Waals surface area contributed by atoms with Gasteiger partial charge in [-0.2, -0.15) is 0 Å². The van der Waals surface area contributed by atoms with E-state index in [4.69, 9.17) is 4.74 Å². The molecule has 2 aromatic carbocycles. The molecule has 6 nitrogen and oxygen atoms in total. The van der Waals surface area contributed by atoms with Crippen molar-refractivity contribution in [3.63, 3.8) is 0 Å². The lowest BCUT2D eigenvalue weighted by Gasteiger charge is -2.27. The van der Waals surface area contributed by atoms with Gasteiger partial charge in [-0.3, -0.25) is 9.59 Å². The Balaban J connectivity index is 1.34. The highest BCUT2D eigenvalue weighted by Gasteiger charge is 2.67. The first-order chi connectivity index (χ1) is 13.9. The van der Waals surface area contributed by atoms with Gasteiger partial charge in [0.15, 0.2) is 0 Å². The lowest BCUT2D eigenvalue weighted by atomic mass is 9.79. The van der Waals surface area contributed by atoms with E-state index in [1.165, 1.54) is 12.1 Å². The highest BCUT2D eigenvalue weighted by Crippen LogP contribution is 2.60. The van der Waals surface area contributed by atoms with Gasteiger partial charge in [0.1, 0.15) is 6.10 Å². The van der Waals surface area contributed by atoms with Crippen LogP contribution in [-0.2, 0) is 24.2 Å². The standard InChI is InChI=1S/C21H18BrNO5S/c22-18-14-10-15-17(21(25)28-19(15)18)16(14)20(24)23-11-6-8-13(9-7-11)29(26,27)12-4-2-1-3-5-12/h1-9,14-19H,10H2,(H,23,24)/t14-,15-,16-,17-,18-,19+/m1/s1. The van der Waals surface area contributed by atoms with Crippen molar-refractivity contribution >= 4 is 43.3 Å². The topological polar surface area (TPSA) is 89.5 Å². The monoisotopic (exact) mass is 475 g/mol. The summed E-state index contributed by atoms with van der Waals surface area (Å²) in [6, 6.07) is 14.3. The third-order valence-electron chi connectivity index (χ3n) is 6.31. The van der Waals surface area contributed by atoms with Crippen LogP contribution in [0.1, 0.15) is 6.42 Å². The van der Waals surface area contributed by atoms with Gasteiger partial charge in [-0.1, -0.05) is 34.1 Å². The molecule has 1 amide bonds. The van der Waals surface area contributed by atoms with Crippen LogP contribution in [0.5, 0.6) is 0 Å². The molecule has 0 radical (unpaired) electrons. The molecule has 150 valence electrons. The van der Waals surface area contributed by atoms with Crippen molar-refractivity contribution in [3.05, 3.63) is 54.6 Å². The average molecular weight is 476 g/mol. The van der Waals surface area contributed by atoms with E-state index in [1.807, 2.05) is 0 Å². The second-order valence-corrected chi connectivity index (χ2v) is 10.8. The first kappa shape index (κ1) is 18.8. The van der Waals surface area contributed by atoms with Crippen LogP contribution in [0.4, 0.5) is 5.69 Å². The highest BCUT2D eigenvalue weighted by atomic mass is 79.9. The lowest BCUT2D eigenvalue weighted by molar-refractivity contribution is -0.145. The predicted octanol–water partition coefficient (Wildman–Crippen LogP) is 3.03. The van der Waals surface area contributed by atoms with Crippen molar-refractivity contribution < 1.29 is 22.7 Å². The summed E-state index contributed by atoms with van der Waals surface area (Å²) in [7, 11) is -3.61. The number of ether oxygens (including phenoxy) is 1. The van der Waals surface area contributed by atoms with Gasteiger partial charge < -0.3 is 10.1 Å². The summed E-state index contributed by atoms with van der Waals surface area (Å²) in [5, 5.41) is 2.85. The molecule has 0 spiro atoms. The van der Waals surface area contributed by atoms with Gasteiger partial charge in [0.05, 0.1) is 26.5 Å². The minimum absolute atomic E-state index is 0.00402. The van der Waals surface area contributed by atoms with Crippen molar-refractivity contribution in [2.24, 2.45) is 23.7 Å². The average Bonchev–Trinajstić information content (AvgIpc) is 3.33. The van der Waals surface area contributed by atoms with Gasteiger partial charge in [0.2, 0.25) is 15.7 Å². The fraction of sp³-hybridized carbons (Fsp3) is 0.333. The van der Waals surface area contributed by atoms with Gasteiger partial charge in [-0.15, -0.1) is 0 Å². The number of fused-ring (bicyclic) bond motifs is 1. The maximum atomic E-state index is 12.9. The number of hydrogen-bond acceptors (Lipinski definition) is 5. The molecule has 6 atom stereocenters. The summed E-state index contributed by atoms with van der Waals surface area (Å²) >= 11 is 3.60. The van der Waals surface area contributed by atoms with Crippen LogP contribution in [0.3, 0.4) is 0 Å². The number of rotatable bonds is 4. The molecule has 1 N–H and O–H groups in total. The Morgan fingerprint density at radius 1 is 1.00 bits per heavy atom. The molecule has 2 aromatic rings. The van der Waals surface area contributed by atoms with Crippen molar-refractivity contribution in [1.29, 1.82) is 0 Å². The number of hydrogen-bond donors (Lipinski definition) is 1. The predicted molar refractivity (Wildman–Crippen MR) is 108 cm³/mol. The second-order valence-electron chi connectivity index (χ2n) is 7.79. The molecule has 0 unspecified atom stereocenters. The van der Waals surface area contributed by atoms with Gasteiger partial charge in [0.25, 0.3) is 0 Å². The third-order valence-corrected chi connectivity index (χ3v) is 9.30. The molecule has 1 aliphatic heterocycles.